The lowest BCUT2D eigenvalue weighted by Crippen LogP contribution is -2.06. The van der Waals surface area contributed by atoms with Gasteiger partial charge in [0.1, 0.15) is 5.75 Å². The van der Waals surface area contributed by atoms with Gasteiger partial charge in [0, 0.05) is 19.2 Å². The maximum Gasteiger partial charge on any atom is 0.200 e. The Kier molecular flexibility index (Phi) is 5.17. The largest absolute Gasteiger partial charge is 0.497 e. The maximum atomic E-state index is 6.02. The van der Waals surface area contributed by atoms with E-state index in [-0.39, 0.29) is 5.92 Å². The van der Waals surface area contributed by atoms with E-state index in [0.29, 0.717) is 5.95 Å². The van der Waals surface area contributed by atoms with Crippen LogP contribution >= 0.6 is 11.3 Å². The van der Waals surface area contributed by atoms with Gasteiger partial charge in [0.05, 0.1) is 12.8 Å². The Morgan fingerprint density at radius 2 is 1.93 bits per heavy atom. The molecule has 0 aliphatic rings. The highest BCUT2D eigenvalue weighted by Gasteiger charge is 2.19. The van der Waals surface area contributed by atoms with Crippen molar-refractivity contribution in [2.45, 2.75) is 12.3 Å². The Morgan fingerprint density at radius 3 is 2.57 bits per heavy atom. The fourth-order valence-electron chi connectivity index (χ4n) is 3.44. The maximum absolute atomic E-state index is 6.02. The molecular weight excluding hydrogens is 366 g/mol. The topological polar surface area (TPSA) is 53.1 Å². The van der Waals surface area contributed by atoms with Crippen LogP contribution in [0.25, 0.3) is 11.1 Å². The molecule has 2 N–H and O–H groups in total. The van der Waals surface area contributed by atoms with Gasteiger partial charge in [-0.2, -0.15) is 11.3 Å². The number of thiophene rings is 1. The summed E-state index contributed by atoms with van der Waals surface area (Å²) in [5, 5.41) is 4.29. The van der Waals surface area contributed by atoms with Gasteiger partial charge in [-0.05, 0) is 57.6 Å². The number of aryl methyl sites for hydroxylation is 1. The molecule has 0 amide bonds. The van der Waals surface area contributed by atoms with Gasteiger partial charge in [-0.15, -0.1) is 0 Å². The molecule has 1 atom stereocenters. The van der Waals surface area contributed by atoms with Crippen LogP contribution in [0.15, 0.2) is 71.6 Å². The van der Waals surface area contributed by atoms with E-state index in [4.69, 9.17) is 10.5 Å². The van der Waals surface area contributed by atoms with Gasteiger partial charge in [0.25, 0.3) is 0 Å². The van der Waals surface area contributed by atoms with Crippen LogP contribution in [0.3, 0.4) is 0 Å². The molecule has 0 aliphatic carbocycles. The smallest absolute Gasteiger partial charge is 0.200 e. The Hall–Kier alpha value is -3.05. The van der Waals surface area contributed by atoms with Crippen LogP contribution in [-0.4, -0.2) is 16.7 Å². The van der Waals surface area contributed by atoms with Gasteiger partial charge in [0.2, 0.25) is 0 Å². The molecule has 0 saturated carbocycles. The van der Waals surface area contributed by atoms with Crippen LogP contribution in [0.5, 0.6) is 5.75 Å². The zero-order chi connectivity index (χ0) is 19.5. The van der Waals surface area contributed by atoms with Crippen molar-refractivity contribution in [1.29, 1.82) is 0 Å². The van der Waals surface area contributed by atoms with Crippen molar-refractivity contribution in [3.8, 4) is 16.9 Å². The van der Waals surface area contributed by atoms with Crippen LogP contribution in [0.1, 0.15) is 22.7 Å². The molecule has 4 nitrogen and oxygen atoms in total. The Labute approximate surface area is 169 Å². The number of hydrogen-bond donors (Lipinski definition) is 1. The van der Waals surface area contributed by atoms with Crippen LogP contribution in [0.4, 0.5) is 5.95 Å². The number of rotatable bonds is 6. The Balaban J connectivity index is 1.70. The predicted octanol–water partition coefficient (Wildman–Crippen LogP) is 5.11. The molecule has 28 heavy (non-hydrogen) atoms. The highest BCUT2D eigenvalue weighted by molar-refractivity contribution is 7.08. The minimum absolute atomic E-state index is 0.118. The lowest BCUT2D eigenvalue weighted by molar-refractivity contribution is 0.414. The summed E-state index contributed by atoms with van der Waals surface area (Å²) < 4.78 is 7.18. The number of anilines is 1. The second kappa shape index (κ2) is 7.90. The summed E-state index contributed by atoms with van der Waals surface area (Å²) in [6.45, 7) is 0. The summed E-state index contributed by atoms with van der Waals surface area (Å²) >= 11 is 1.72. The minimum atomic E-state index is 0.118. The van der Waals surface area contributed by atoms with Crippen molar-refractivity contribution in [3.05, 3.63) is 88.4 Å². The lowest BCUT2D eigenvalue weighted by Gasteiger charge is -2.17. The summed E-state index contributed by atoms with van der Waals surface area (Å²) in [6, 6.07) is 19.1. The average Bonchev–Trinajstić information content (AvgIpc) is 3.37. The molecule has 142 valence electrons. The van der Waals surface area contributed by atoms with Crippen molar-refractivity contribution >= 4 is 17.3 Å². The van der Waals surface area contributed by atoms with Gasteiger partial charge < -0.3 is 15.0 Å². The van der Waals surface area contributed by atoms with Crippen LogP contribution in [0.2, 0.25) is 0 Å². The van der Waals surface area contributed by atoms with E-state index in [0.717, 1.165) is 17.9 Å². The van der Waals surface area contributed by atoms with E-state index >= 15 is 0 Å². The van der Waals surface area contributed by atoms with Gasteiger partial charge in [-0.3, -0.25) is 0 Å². The number of methoxy groups -OCH3 is 1. The van der Waals surface area contributed by atoms with Gasteiger partial charge in [0.15, 0.2) is 5.95 Å². The number of benzene rings is 2. The van der Waals surface area contributed by atoms with E-state index in [1.165, 1.54) is 22.3 Å². The minimum Gasteiger partial charge on any atom is -0.497 e. The number of imidazole rings is 1. The monoisotopic (exact) mass is 389 g/mol. The molecule has 1 unspecified atom stereocenters. The second-order valence-electron chi connectivity index (χ2n) is 6.88. The van der Waals surface area contributed by atoms with Gasteiger partial charge in [-0.1, -0.05) is 36.4 Å². The highest BCUT2D eigenvalue weighted by Crippen LogP contribution is 2.31. The van der Waals surface area contributed by atoms with Crippen molar-refractivity contribution in [2.24, 2.45) is 7.05 Å². The molecule has 4 aromatic rings. The van der Waals surface area contributed by atoms with E-state index in [2.05, 4.69) is 58.2 Å². The standard InChI is InChI=1S/C23H23N3OS/c1-26-14-22(25-23(26)24)21(17-6-8-20(27-2)9-7-17)13-16-4-3-5-18(12-16)19-10-11-28-15-19/h3-12,14-15,21H,13H2,1-2H3,(H2,24,25). The molecule has 5 heteroatoms. The van der Waals surface area contributed by atoms with Crippen molar-refractivity contribution < 1.29 is 4.74 Å². The average molecular weight is 390 g/mol. The fraction of sp³-hybridized carbons (Fsp3) is 0.174. The zero-order valence-corrected chi connectivity index (χ0v) is 16.8. The van der Waals surface area contributed by atoms with Gasteiger partial charge >= 0.3 is 0 Å². The molecule has 0 aliphatic heterocycles. The molecule has 0 bridgehead atoms. The summed E-state index contributed by atoms with van der Waals surface area (Å²) in [6.07, 6.45) is 2.87. The van der Waals surface area contributed by atoms with E-state index in [1.807, 2.05) is 29.9 Å². The normalized spacial score (nSPS) is 12.1. The number of nitrogens with two attached hydrogens (primary N) is 1. The zero-order valence-electron chi connectivity index (χ0n) is 16.0. The van der Waals surface area contributed by atoms with E-state index < -0.39 is 0 Å². The SMILES string of the molecule is COc1ccc(C(Cc2cccc(-c3ccsc3)c2)c2cn(C)c(N)n2)cc1. The molecule has 2 heterocycles. The predicted molar refractivity (Wildman–Crippen MR) is 116 cm³/mol. The molecular formula is C23H23N3OS. The first-order valence-corrected chi connectivity index (χ1v) is 10.1. The van der Waals surface area contributed by atoms with Gasteiger partial charge in [-0.25, -0.2) is 4.98 Å². The van der Waals surface area contributed by atoms with Crippen LogP contribution in [0, 0.1) is 0 Å². The molecule has 0 fully saturated rings. The fourth-order valence-corrected chi connectivity index (χ4v) is 4.11. The number of hydrogen-bond acceptors (Lipinski definition) is 4. The first-order valence-electron chi connectivity index (χ1n) is 9.18. The van der Waals surface area contributed by atoms with Crippen molar-refractivity contribution in [1.82, 2.24) is 9.55 Å². The number of ether oxygens (including phenoxy) is 1. The summed E-state index contributed by atoms with van der Waals surface area (Å²) in [7, 11) is 3.61. The third-order valence-corrected chi connectivity index (χ3v) is 5.71. The molecule has 4 rings (SSSR count). The summed E-state index contributed by atoms with van der Waals surface area (Å²) in [5.74, 6) is 1.50. The molecule has 0 saturated heterocycles. The van der Waals surface area contributed by atoms with Crippen LogP contribution < -0.4 is 10.5 Å². The van der Waals surface area contributed by atoms with Crippen molar-refractivity contribution in [2.75, 3.05) is 12.8 Å². The third kappa shape index (κ3) is 3.80. The lowest BCUT2D eigenvalue weighted by atomic mass is 9.88. The summed E-state index contributed by atoms with van der Waals surface area (Å²) in [4.78, 5) is 4.61. The van der Waals surface area contributed by atoms with Crippen LogP contribution in [-0.2, 0) is 13.5 Å². The van der Waals surface area contributed by atoms with E-state index in [1.54, 1.807) is 18.4 Å². The molecule has 0 spiro atoms. The molecule has 2 aromatic carbocycles. The third-order valence-electron chi connectivity index (χ3n) is 5.03. The number of nitrogens with zero attached hydrogens (tertiary/aromatic N) is 2. The van der Waals surface area contributed by atoms with E-state index in [9.17, 15) is 0 Å². The first-order chi connectivity index (χ1) is 13.6. The second-order valence-corrected chi connectivity index (χ2v) is 7.66. The quantitative estimate of drug-likeness (QED) is 0.498. The Morgan fingerprint density at radius 1 is 1.11 bits per heavy atom. The molecule has 0 radical (unpaired) electrons. The highest BCUT2D eigenvalue weighted by atomic mass is 32.1. The molecule has 2 aromatic heterocycles. The van der Waals surface area contributed by atoms with Crippen molar-refractivity contribution in [3.63, 3.8) is 0 Å². The number of nitrogen functional groups attached to an aromatic ring is 1. The first kappa shape index (κ1) is 18.3. The Bertz CT molecular complexity index is 1030. The number of aromatic nitrogens is 2. The summed E-state index contributed by atoms with van der Waals surface area (Å²) in [5.41, 5.74) is 12.0.